The molecule has 27 heavy (non-hydrogen) atoms. The van der Waals surface area contributed by atoms with Crippen molar-refractivity contribution in [3.63, 3.8) is 0 Å². The Morgan fingerprint density at radius 2 is 1.96 bits per heavy atom. The van der Waals surface area contributed by atoms with Crippen LogP contribution < -0.4 is 16.1 Å². The van der Waals surface area contributed by atoms with Crippen molar-refractivity contribution >= 4 is 23.3 Å². The van der Waals surface area contributed by atoms with Crippen LogP contribution in [0.4, 0.5) is 14.9 Å². The average molecular weight is 368 g/mol. The van der Waals surface area contributed by atoms with Gasteiger partial charge >= 0.3 is 6.03 Å². The van der Waals surface area contributed by atoms with Gasteiger partial charge in [-0.3, -0.25) is 4.79 Å². The summed E-state index contributed by atoms with van der Waals surface area (Å²) in [5.41, 5.74) is 5.40. The van der Waals surface area contributed by atoms with Crippen LogP contribution in [0.2, 0.25) is 0 Å². The normalized spacial score (nSPS) is 16.3. The van der Waals surface area contributed by atoms with Gasteiger partial charge in [-0.2, -0.15) is 5.10 Å². The van der Waals surface area contributed by atoms with Gasteiger partial charge in [0.05, 0.1) is 5.71 Å². The molecular formula is C20H21FN4O2. The number of hydrazone groups is 1. The van der Waals surface area contributed by atoms with Crippen molar-refractivity contribution in [1.82, 2.24) is 10.7 Å². The van der Waals surface area contributed by atoms with Gasteiger partial charge in [0, 0.05) is 24.6 Å². The molecule has 1 aliphatic heterocycles. The van der Waals surface area contributed by atoms with E-state index in [2.05, 4.69) is 21.2 Å². The van der Waals surface area contributed by atoms with E-state index in [1.165, 1.54) is 6.07 Å². The monoisotopic (exact) mass is 368 g/mol. The molecule has 7 heteroatoms. The lowest BCUT2D eigenvalue weighted by Gasteiger charge is -2.19. The minimum absolute atomic E-state index is 0.0410. The van der Waals surface area contributed by atoms with E-state index in [0.717, 1.165) is 11.3 Å². The zero-order chi connectivity index (χ0) is 19.2. The molecular weight excluding hydrogens is 347 g/mol. The molecule has 0 saturated heterocycles. The Hall–Kier alpha value is -3.22. The largest absolute Gasteiger partial charge is 0.338 e. The van der Waals surface area contributed by atoms with Crippen molar-refractivity contribution < 1.29 is 14.0 Å². The lowest BCUT2D eigenvalue weighted by Crippen LogP contribution is -2.32. The van der Waals surface area contributed by atoms with Gasteiger partial charge in [0.1, 0.15) is 5.82 Å². The summed E-state index contributed by atoms with van der Waals surface area (Å²) in [6, 6.07) is 13.4. The lowest BCUT2D eigenvalue weighted by molar-refractivity contribution is -0.121. The van der Waals surface area contributed by atoms with E-state index in [9.17, 15) is 14.0 Å². The molecule has 0 saturated carbocycles. The third kappa shape index (κ3) is 4.91. The highest BCUT2D eigenvalue weighted by Crippen LogP contribution is 2.18. The molecule has 1 unspecified atom stereocenters. The molecule has 6 nitrogen and oxygen atoms in total. The van der Waals surface area contributed by atoms with E-state index in [1.807, 2.05) is 19.1 Å². The number of urea groups is 1. The number of rotatable bonds is 5. The van der Waals surface area contributed by atoms with Crippen molar-refractivity contribution in [2.75, 3.05) is 11.9 Å². The molecule has 140 valence electrons. The Labute approximate surface area is 156 Å². The Balaban J connectivity index is 1.51. The lowest BCUT2D eigenvalue weighted by atomic mass is 9.94. The first kappa shape index (κ1) is 18.6. The number of nitrogens with zero attached hydrogens (tertiary/aromatic N) is 1. The number of anilines is 1. The van der Waals surface area contributed by atoms with Gasteiger partial charge in [-0.1, -0.05) is 37.3 Å². The number of nitrogens with one attached hydrogen (secondary N) is 3. The van der Waals surface area contributed by atoms with E-state index >= 15 is 0 Å². The summed E-state index contributed by atoms with van der Waals surface area (Å²) in [6.07, 6.45) is 0.825. The highest BCUT2D eigenvalue weighted by molar-refractivity contribution is 6.06. The molecule has 1 heterocycles. The predicted octanol–water partition coefficient (Wildman–Crippen LogP) is 3.05. The summed E-state index contributed by atoms with van der Waals surface area (Å²) >= 11 is 0. The summed E-state index contributed by atoms with van der Waals surface area (Å²) in [6.45, 7) is 2.28. The zero-order valence-electron chi connectivity index (χ0n) is 15.0. The Kier molecular flexibility index (Phi) is 5.80. The molecule has 0 bridgehead atoms. The van der Waals surface area contributed by atoms with Crippen molar-refractivity contribution in [3.8, 4) is 0 Å². The fourth-order valence-corrected chi connectivity index (χ4v) is 2.91. The number of hydrogen-bond donors (Lipinski definition) is 3. The van der Waals surface area contributed by atoms with Crippen LogP contribution in [-0.2, 0) is 11.2 Å². The molecule has 0 spiro atoms. The van der Waals surface area contributed by atoms with Crippen LogP contribution in [0, 0.1) is 11.7 Å². The molecule has 0 radical (unpaired) electrons. The summed E-state index contributed by atoms with van der Waals surface area (Å²) in [4.78, 5) is 23.3. The minimum atomic E-state index is -0.352. The SMILES string of the molecule is CC1CC(=O)NN=C1c1ccc(NC(=O)NCCc2ccccc2F)cc1. The number of carbonyl (C=O) groups excluding carboxylic acids is 2. The maximum Gasteiger partial charge on any atom is 0.319 e. The van der Waals surface area contributed by atoms with Crippen LogP contribution >= 0.6 is 0 Å². The number of amides is 3. The van der Waals surface area contributed by atoms with Crippen LogP contribution in [0.3, 0.4) is 0 Å². The van der Waals surface area contributed by atoms with Crippen molar-refractivity contribution in [1.29, 1.82) is 0 Å². The fourth-order valence-electron chi connectivity index (χ4n) is 2.91. The summed E-state index contributed by atoms with van der Waals surface area (Å²) in [5, 5.41) is 9.56. The second kappa shape index (κ2) is 8.44. The number of carbonyl (C=O) groups is 2. The van der Waals surface area contributed by atoms with Crippen LogP contribution in [0.1, 0.15) is 24.5 Å². The molecule has 3 N–H and O–H groups in total. The number of halogens is 1. The molecule has 0 fully saturated rings. The van der Waals surface area contributed by atoms with Crippen LogP contribution in [0.25, 0.3) is 0 Å². The zero-order valence-corrected chi connectivity index (χ0v) is 15.0. The molecule has 2 aromatic rings. The third-order valence-corrected chi connectivity index (χ3v) is 4.34. The Bertz CT molecular complexity index is 865. The fraction of sp³-hybridized carbons (Fsp3) is 0.250. The molecule has 3 amide bonds. The van der Waals surface area contributed by atoms with Crippen LogP contribution in [0.15, 0.2) is 53.6 Å². The molecule has 0 aliphatic carbocycles. The first-order chi connectivity index (χ1) is 13.0. The smallest absolute Gasteiger partial charge is 0.319 e. The molecule has 3 rings (SSSR count). The van der Waals surface area contributed by atoms with Crippen LogP contribution in [0.5, 0.6) is 0 Å². The Morgan fingerprint density at radius 3 is 2.67 bits per heavy atom. The van der Waals surface area contributed by atoms with E-state index in [-0.39, 0.29) is 23.7 Å². The van der Waals surface area contributed by atoms with Crippen molar-refractivity contribution in [2.24, 2.45) is 11.0 Å². The molecule has 0 aromatic heterocycles. The summed E-state index contributed by atoms with van der Waals surface area (Å²) < 4.78 is 13.5. The highest BCUT2D eigenvalue weighted by Gasteiger charge is 2.21. The summed E-state index contributed by atoms with van der Waals surface area (Å²) in [7, 11) is 0. The average Bonchev–Trinajstić information content (AvgIpc) is 2.64. The van der Waals surface area contributed by atoms with E-state index in [1.54, 1.807) is 30.3 Å². The quantitative estimate of drug-likeness (QED) is 0.758. The molecule has 1 atom stereocenters. The van der Waals surface area contributed by atoms with E-state index in [0.29, 0.717) is 30.6 Å². The summed E-state index contributed by atoms with van der Waals surface area (Å²) in [5.74, 6) is -0.317. The van der Waals surface area contributed by atoms with Gasteiger partial charge in [-0.15, -0.1) is 0 Å². The topological polar surface area (TPSA) is 82.6 Å². The third-order valence-electron chi connectivity index (χ3n) is 4.34. The molecule has 1 aliphatic rings. The maximum atomic E-state index is 13.5. The minimum Gasteiger partial charge on any atom is -0.338 e. The standard InChI is InChI=1S/C20H21FN4O2/c1-13-12-18(26)24-25-19(13)15-6-8-16(9-7-15)23-20(27)22-11-10-14-4-2-3-5-17(14)21/h2-9,13H,10-12H2,1H3,(H,24,26)(H2,22,23,27). The van der Waals surface area contributed by atoms with Crippen molar-refractivity contribution in [3.05, 3.63) is 65.5 Å². The molecule has 2 aromatic carbocycles. The van der Waals surface area contributed by atoms with Gasteiger partial charge in [0.15, 0.2) is 0 Å². The first-order valence-corrected chi connectivity index (χ1v) is 8.78. The van der Waals surface area contributed by atoms with Crippen molar-refractivity contribution in [2.45, 2.75) is 19.8 Å². The highest BCUT2D eigenvalue weighted by atomic mass is 19.1. The first-order valence-electron chi connectivity index (χ1n) is 8.78. The van der Waals surface area contributed by atoms with Gasteiger partial charge in [0.25, 0.3) is 0 Å². The van der Waals surface area contributed by atoms with Crippen LogP contribution in [-0.4, -0.2) is 24.2 Å². The van der Waals surface area contributed by atoms with Gasteiger partial charge in [-0.05, 0) is 35.7 Å². The maximum absolute atomic E-state index is 13.5. The number of benzene rings is 2. The van der Waals surface area contributed by atoms with E-state index < -0.39 is 0 Å². The van der Waals surface area contributed by atoms with E-state index in [4.69, 9.17) is 0 Å². The predicted molar refractivity (Wildman–Crippen MR) is 102 cm³/mol. The second-order valence-corrected chi connectivity index (χ2v) is 6.44. The second-order valence-electron chi connectivity index (χ2n) is 6.44. The van der Waals surface area contributed by atoms with Gasteiger partial charge in [0.2, 0.25) is 5.91 Å². The Morgan fingerprint density at radius 1 is 1.22 bits per heavy atom. The van der Waals surface area contributed by atoms with Gasteiger partial charge in [-0.25, -0.2) is 14.6 Å². The van der Waals surface area contributed by atoms with Gasteiger partial charge < -0.3 is 10.6 Å². The number of hydrogen-bond acceptors (Lipinski definition) is 3.